The number of hydrogen-bond acceptors (Lipinski definition) is 8. The van der Waals surface area contributed by atoms with E-state index in [9.17, 15) is 18.0 Å². The van der Waals surface area contributed by atoms with Crippen molar-refractivity contribution in [1.82, 2.24) is 44.3 Å². The molecule has 5 heterocycles. The fraction of sp³-hybridized carbons (Fsp3) is 0.0500. The van der Waals surface area contributed by atoms with Crippen LogP contribution in [0.3, 0.4) is 0 Å². The van der Waals surface area contributed by atoms with Crippen LogP contribution in [0.4, 0.5) is 13.2 Å². The van der Waals surface area contributed by atoms with Gasteiger partial charge in [-0.3, -0.25) is 4.79 Å². The summed E-state index contributed by atoms with van der Waals surface area (Å²) in [4.78, 5) is 21.7. The first-order chi connectivity index (χ1) is 16.8. The number of hydrogen-bond donors (Lipinski definition) is 1. The van der Waals surface area contributed by atoms with Crippen molar-refractivity contribution in [2.75, 3.05) is 0 Å². The molecule has 0 radical (unpaired) electrons. The maximum absolute atomic E-state index is 14.2. The molecule has 0 aliphatic heterocycles. The smallest absolute Gasteiger partial charge is 0.345 e. The van der Waals surface area contributed by atoms with Gasteiger partial charge in [-0.15, -0.1) is 9.90 Å². The van der Waals surface area contributed by atoms with Crippen molar-refractivity contribution in [2.45, 2.75) is 6.18 Å². The summed E-state index contributed by atoms with van der Waals surface area (Å²) in [6.45, 7) is 0. The first-order valence-electron chi connectivity index (χ1n) is 9.78. The van der Waals surface area contributed by atoms with Crippen molar-refractivity contribution < 1.29 is 18.0 Å². The lowest BCUT2D eigenvalue weighted by Gasteiger charge is -2.12. The van der Waals surface area contributed by atoms with Crippen molar-refractivity contribution in [3.05, 3.63) is 70.9 Å². The molecule has 0 fully saturated rings. The van der Waals surface area contributed by atoms with Gasteiger partial charge in [-0.2, -0.15) is 28.5 Å². The molecule has 0 aliphatic rings. The Kier molecular flexibility index (Phi) is 4.69. The zero-order valence-electron chi connectivity index (χ0n) is 17.0. The highest BCUT2D eigenvalue weighted by Crippen LogP contribution is 2.37. The number of alkyl halides is 3. The van der Waals surface area contributed by atoms with E-state index >= 15 is 0 Å². The highest BCUT2D eigenvalue weighted by molar-refractivity contribution is 7.13. The number of nitrogens with zero attached hydrogens (tertiary/aromatic N) is 8. The number of nitrogens with one attached hydrogen (secondary N) is 1. The summed E-state index contributed by atoms with van der Waals surface area (Å²) >= 11 is 7.24. The Hall–Kier alpha value is -4.17. The maximum Gasteiger partial charge on any atom is 0.434 e. The van der Waals surface area contributed by atoms with E-state index in [-0.39, 0.29) is 33.1 Å². The number of aromatic nitrogens is 9. The predicted octanol–water partition coefficient (Wildman–Crippen LogP) is 4.24. The first kappa shape index (κ1) is 21.4. The van der Waals surface area contributed by atoms with Crippen LogP contribution in [0.25, 0.3) is 32.8 Å². The van der Waals surface area contributed by atoms with E-state index < -0.39 is 23.2 Å². The molecule has 0 aliphatic carbocycles. The number of rotatable bonds is 4. The lowest BCUT2D eigenvalue weighted by atomic mass is 10.0. The lowest BCUT2D eigenvalue weighted by Crippen LogP contribution is -2.18. The molecule has 6 rings (SSSR count). The molecule has 0 saturated heterocycles. The summed E-state index contributed by atoms with van der Waals surface area (Å²) in [7, 11) is 0. The Morgan fingerprint density at radius 1 is 1.11 bits per heavy atom. The third-order valence-electron chi connectivity index (χ3n) is 5.22. The lowest BCUT2D eigenvalue weighted by molar-refractivity contribution is -0.143. The Balaban J connectivity index is 1.50. The van der Waals surface area contributed by atoms with Crippen molar-refractivity contribution in [3.8, 4) is 11.5 Å². The number of halogens is 4. The molecule has 5 aromatic heterocycles. The largest absolute Gasteiger partial charge is 0.434 e. The summed E-state index contributed by atoms with van der Waals surface area (Å²) in [6.07, 6.45) is 0.162. The zero-order valence-corrected chi connectivity index (χ0v) is 18.6. The number of ketones is 1. The molecule has 1 aromatic carbocycles. The fourth-order valence-electron chi connectivity index (χ4n) is 3.74. The van der Waals surface area contributed by atoms with E-state index in [1.165, 1.54) is 35.5 Å². The zero-order chi connectivity index (χ0) is 24.3. The Morgan fingerprint density at radius 3 is 2.69 bits per heavy atom. The van der Waals surface area contributed by atoms with E-state index in [0.29, 0.717) is 14.9 Å². The van der Waals surface area contributed by atoms with Crippen LogP contribution in [-0.4, -0.2) is 50.1 Å². The minimum atomic E-state index is -4.89. The molecule has 0 spiro atoms. The quantitative estimate of drug-likeness (QED) is 0.349. The molecule has 0 saturated carbocycles. The van der Waals surface area contributed by atoms with Crippen molar-refractivity contribution >= 4 is 50.2 Å². The standard InChI is InChI=1S/C20H9ClF3N9OS/c21-12-6-9-10(7-25-18(9)29-19(12)33-26-4-5-27-33)15(34)11-8-28-32(17(11)20(22,23)24)14-3-1-2-13-16(14)35-31-30-13/h1-8H,(H,25,29). The number of benzene rings is 1. The van der Waals surface area contributed by atoms with E-state index in [1.54, 1.807) is 12.1 Å². The van der Waals surface area contributed by atoms with Crippen LogP contribution in [0.5, 0.6) is 0 Å². The second-order valence-electron chi connectivity index (χ2n) is 7.25. The van der Waals surface area contributed by atoms with Gasteiger partial charge >= 0.3 is 6.18 Å². The number of H-pyrrole nitrogens is 1. The molecule has 10 nitrogen and oxygen atoms in total. The number of carbonyl (C=O) groups excluding carboxylic acids is 1. The second-order valence-corrected chi connectivity index (χ2v) is 8.42. The molecular formula is C20H9ClF3N9OS. The van der Waals surface area contributed by atoms with Gasteiger partial charge in [-0.05, 0) is 29.7 Å². The third kappa shape index (κ3) is 3.37. The number of aromatic amines is 1. The maximum atomic E-state index is 14.2. The molecule has 15 heteroatoms. The van der Waals surface area contributed by atoms with Gasteiger partial charge < -0.3 is 4.98 Å². The molecule has 35 heavy (non-hydrogen) atoms. The van der Waals surface area contributed by atoms with Crippen molar-refractivity contribution in [2.24, 2.45) is 0 Å². The first-order valence-corrected chi connectivity index (χ1v) is 10.9. The Labute approximate surface area is 201 Å². The summed E-state index contributed by atoms with van der Waals surface area (Å²) in [5.74, 6) is -0.702. The fourth-order valence-corrected chi connectivity index (χ4v) is 4.63. The minimum Gasteiger partial charge on any atom is -0.345 e. The SMILES string of the molecule is O=C(c1cnn(-c2cccc3nnsc23)c1C(F)(F)F)c1c[nH]c2nc(-n3nccn3)c(Cl)cc12. The molecule has 0 amide bonds. The van der Waals surface area contributed by atoms with Crippen molar-refractivity contribution in [3.63, 3.8) is 0 Å². The highest BCUT2D eigenvalue weighted by Gasteiger charge is 2.41. The van der Waals surface area contributed by atoms with E-state index in [4.69, 9.17) is 11.6 Å². The van der Waals surface area contributed by atoms with Gasteiger partial charge in [0.15, 0.2) is 17.3 Å². The summed E-state index contributed by atoms with van der Waals surface area (Å²) in [5.41, 5.74) is -1.12. The average Bonchev–Trinajstić information content (AvgIpc) is 3.62. The number of pyridine rings is 1. The summed E-state index contributed by atoms with van der Waals surface area (Å²) in [6, 6.07) is 6.05. The normalized spacial score (nSPS) is 12.1. The van der Waals surface area contributed by atoms with Crippen molar-refractivity contribution in [1.29, 1.82) is 0 Å². The number of fused-ring (bicyclic) bond motifs is 2. The van der Waals surface area contributed by atoms with Crippen LogP contribution in [0.15, 0.2) is 49.1 Å². The number of carbonyl (C=O) groups is 1. The average molecular weight is 516 g/mol. The monoisotopic (exact) mass is 515 g/mol. The highest BCUT2D eigenvalue weighted by atomic mass is 35.5. The third-order valence-corrected chi connectivity index (χ3v) is 6.26. The van der Waals surface area contributed by atoms with Gasteiger partial charge in [0.1, 0.15) is 15.9 Å². The van der Waals surface area contributed by atoms with Gasteiger partial charge in [0.05, 0.1) is 34.9 Å². The van der Waals surface area contributed by atoms with Gasteiger partial charge in [0.2, 0.25) is 0 Å². The van der Waals surface area contributed by atoms with E-state index in [0.717, 1.165) is 17.7 Å². The van der Waals surface area contributed by atoms with E-state index in [1.807, 2.05) is 0 Å². The molecular weight excluding hydrogens is 507 g/mol. The van der Waals surface area contributed by atoms with Gasteiger partial charge in [0, 0.05) is 17.1 Å². The van der Waals surface area contributed by atoms with Crippen LogP contribution >= 0.6 is 23.1 Å². The van der Waals surface area contributed by atoms with Crippen LogP contribution in [-0.2, 0) is 6.18 Å². The Bertz CT molecular complexity index is 1740. The molecule has 0 atom stereocenters. The van der Waals surface area contributed by atoms with Crippen LogP contribution < -0.4 is 0 Å². The minimum absolute atomic E-state index is 0.0444. The topological polar surface area (TPSA) is 120 Å². The van der Waals surface area contributed by atoms with Gasteiger partial charge in [0.25, 0.3) is 0 Å². The molecule has 6 aromatic rings. The molecule has 1 N–H and O–H groups in total. The molecule has 0 bridgehead atoms. The Morgan fingerprint density at radius 2 is 1.91 bits per heavy atom. The van der Waals surface area contributed by atoms with Gasteiger partial charge in [-0.1, -0.05) is 22.2 Å². The molecule has 0 unspecified atom stereocenters. The van der Waals surface area contributed by atoms with E-state index in [2.05, 4.69) is 34.9 Å². The van der Waals surface area contributed by atoms with Crippen LogP contribution in [0, 0.1) is 0 Å². The van der Waals surface area contributed by atoms with Crippen LogP contribution in [0.1, 0.15) is 21.6 Å². The summed E-state index contributed by atoms with van der Waals surface area (Å²) in [5, 5.41) is 16.1. The second kappa shape index (κ2) is 7.68. The van der Waals surface area contributed by atoms with Gasteiger partial charge in [-0.25, -0.2) is 9.67 Å². The van der Waals surface area contributed by atoms with Crippen LogP contribution in [0.2, 0.25) is 5.02 Å². The summed E-state index contributed by atoms with van der Waals surface area (Å²) < 4.78 is 47.6. The molecule has 174 valence electrons. The predicted molar refractivity (Wildman–Crippen MR) is 119 cm³/mol.